The smallest absolute Gasteiger partial charge is 0.412 e. The monoisotopic (exact) mass is 588 g/mol. The summed E-state index contributed by atoms with van der Waals surface area (Å²) >= 11 is 0. The number of carbonyl (C=O) groups is 5. The van der Waals surface area contributed by atoms with Gasteiger partial charge in [0, 0.05) is 62.5 Å². The Labute approximate surface area is 245 Å². The molecule has 3 N–H and O–H groups in total. The summed E-state index contributed by atoms with van der Waals surface area (Å²) in [5.41, 5.74) is 0.808. The number of Topliss-reactive ketones (excluding diaryl/α,β-unsaturated/α-hetero) is 1. The number of benzene rings is 1. The van der Waals surface area contributed by atoms with Crippen LogP contribution >= 0.6 is 0 Å². The predicted molar refractivity (Wildman–Crippen MR) is 150 cm³/mol. The van der Waals surface area contributed by atoms with E-state index < -0.39 is 30.4 Å². The van der Waals surface area contributed by atoms with E-state index in [2.05, 4.69) is 5.32 Å². The molecule has 230 valence electrons. The zero-order valence-corrected chi connectivity index (χ0v) is 24.3. The van der Waals surface area contributed by atoms with Gasteiger partial charge in [-0.05, 0) is 32.6 Å². The Balaban J connectivity index is 1.49. The molecule has 0 aromatic heterocycles. The standard InChI is InChI=1S/C29H40N4O9/c1-4-40-28(37)31-25(30)21-9-7-20(8-10-21)24(35)16-18(2)26(36)32-14-11-23(12-15-32)42-27(41-19(3)34)22-6-5-13-33(17-22)29(38)39/h7-10,18,22-23,27H,4-6,11-17H2,1-3H3,(H,38,39)(H2,30,31,37)/t18-,22?,27?/m1/s1. The SMILES string of the molecule is CCOC(=O)NC(=N)c1ccc(C(=O)C[C@@H](C)C(=O)N2CCC(OC(OC(C)=O)C3CCCN(C(=O)O)C3)CC2)cc1. The van der Waals surface area contributed by atoms with E-state index >= 15 is 0 Å². The fraction of sp³-hybridized carbons (Fsp3) is 0.586. The van der Waals surface area contributed by atoms with Crippen molar-refractivity contribution in [2.75, 3.05) is 32.8 Å². The molecule has 0 aliphatic carbocycles. The predicted octanol–water partition coefficient (Wildman–Crippen LogP) is 3.25. The van der Waals surface area contributed by atoms with Crippen molar-refractivity contribution in [2.45, 2.75) is 65.3 Å². The molecule has 0 saturated carbocycles. The average molecular weight is 589 g/mol. The minimum absolute atomic E-state index is 0.0173. The first-order valence-electron chi connectivity index (χ1n) is 14.2. The molecule has 42 heavy (non-hydrogen) atoms. The van der Waals surface area contributed by atoms with E-state index in [4.69, 9.17) is 19.6 Å². The summed E-state index contributed by atoms with van der Waals surface area (Å²) in [6.45, 7) is 6.35. The number of ether oxygens (including phenoxy) is 3. The molecule has 2 aliphatic rings. The van der Waals surface area contributed by atoms with Gasteiger partial charge < -0.3 is 29.1 Å². The third-order valence-electron chi connectivity index (χ3n) is 7.39. The largest absolute Gasteiger partial charge is 0.465 e. The lowest BCUT2D eigenvalue weighted by Gasteiger charge is -2.38. The van der Waals surface area contributed by atoms with Crippen LogP contribution in [0.2, 0.25) is 0 Å². The number of rotatable bonds is 10. The van der Waals surface area contributed by atoms with E-state index in [-0.39, 0.29) is 49.1 Å². The molecule has 2 saturated heterocycles. The Morgan fingerprint density at radius 1 is 1.02 bits per heavy atom. The fourth-order valence-corrected chi connectivity index (χ4v) is 5.17. The van der Waals surface area contributed by atoms with Crippen molar-refractivity contribution >= 4 is 35.7 Å². The molecule has 1 aromatic rings. The number of ketones is 1. The number of carbonyl (C=O) groups excluding carboxylic acids is 4. The van der Waals surface area contributed by atoms with E-state index in [0.29, 0.717) is 56.4 Å². The molecule has 0 radical (unpaired) electrons. The molecule has 1 aromatic carbocycles. The van der Waals surface area contributed by atoms with Crippen LogP contribution in [-0.4, -0.2) is 95.8 Å². The van der Waals surface area contributed by atoms with Crippen LogP contribution in [0.15, 0.2) is 24.3 Å². The van der Waals surface area contributed by atoms with Crippen LogP contribution < -0.4 is 5.32 Å². The van der Waals surface area contributed by atoms with E-state index in [1.807, 2.05) is 0 Å². The molecule has 3 rings (SSSR count). The van der Waals surface area contributed by atoms with Crippen molar-refractivity contribution in [3.63, 3.8) is 0 Å². The minimum Gasteiger partial charge on any atom is -0.465 e. The second-order valence-corrected chi connectivity index (χ2v) is 10.6. The van der Waals surface area contributed by atoms with Crippen LogP contribution in [0.4, 0.5) is 9.59 Å². The number of nitrogens with zero attached hydrogens (tertiary/aromatic N) is 2. The number of amides is 3. The molecule has 0 spiro atoms. The van der Waals surface area contributed by atoms with Gasteiger partial charge in [0.25, 0.3) is 0 Å². The Bertz CT molecular complexity index is 1150. The summed E-state index contributed by atoms with van der Waals surface area (Å²) in [4.78, 5) is 63.6. The van der Waals surface area contributed by atoms with Crippen LogP contribution in [0.1, 0.15) is 68.8 Å². The highest BCUT2D eigenvalue weighted by Crippen LogP contribution is 2.27. The van der Waals surface area contributed by atoms with Crippen molar-refractivity contribution in [2.24, 2.45) is 11.8 Å². The number of alkyl carbamates (subject to hydrolysis) is 1. The zero-order valence-electron chi connectivity index (χ0n) is 24.3. The van der Waals surface area contributed by atoms with Crippen molar-refractivity contribution < 1.29 is 43.3 Å². The van der Waals surface area contributed by atoms with Crippen molar-refractivity contribution in [1.82, 2.24) is 15.1 Å². The van der Waals surface area contributed by atoms with Gasteiger partial charge in [-0.25, -0.2) is 9.59 Å². The number of hydrogen-bond acceptors (Lipinski definition) is 9. The first-order valence-corrected chi connectivity index (χ1v) is 14.2. The van der Waals surface area contributed by atoms with E-state index in [0.717, 1.165) is 0 Å². The Hall–Kier alpha value is -4.00. The molecule has 13 heteroatoms. The maximum atomic E-state index is 13.1. The van der Waals surface area contributed by atoms with Gasteiger partial charge in [-0.2, -0.15) is 0 Å². The number of hydrogen-bond donors (Lipinski definition) is 3. The summed E-state index contributed by atoms with van der Waals surface area (Å²) in [7, 11) is 0. The first kappa shape index (κ1) is 32.5. The lowest BCUT2D eigenvalue weighted by Crippen LogP contribution is -2.48. The second-order valence-electron chi connectivity index (χ2n) is 10.6. The van der Waals surface area contributed by atoms with E-state index in [1.165, 1.54) is 11.8 Å². The number of nitrogens with one attached hydrogen (secondary N) is 2. The molecule has 2 aliphatic heterocycles. The molecule has 3 atom stereocenters. The lowest BCUT2D eigenvalue weighted by atomic mass is 9.96. The maximum Gasteiger partial charge on any atom is 0.412 e. The van der Waals surface area contributed by atoms with Gasteiger partial charge in [0.15, 0.2) is 5.78 Å². The highest BCUT2D eigenvalue weighted by molar-refractivity contribution is 6.05. The maximum absolute atomic E-state index is 13.1. The molecular formula is C29H40N4O9. The summed E-state index contributed by atoms with van der Waals surface area (Å²) in [5.74, 6) is -1.81. The summed E-state index contributed by atoms with van der Waals surface area (Å²) in [6.07, 6.45) is -0.464. The highest BCUT2D eigenvalue weighted by Gasteiger charge is 2.35. The van der Waals surface area contributed by atoms with Gasteiger partial charge >= 0.3 is 18.2 Å². The van der Waals surface area contributed by atoms with Crippen molar-refractivity contribution in [1.29, 1.82) is 5.41 Å². The van der Waals surface area contributed by atoms with Crippen molar-refractivity contribution in [3.8, 4) is 0 Å². The summed E-state index contributed by atoms with van der Waals surface area (Å²) < 4.78 is 16.3. The topological polar surface area (TPSA) is 176 Å². The molecule has 2 fully saturated rings. The number of piperidine rings is 2. The second kappa shape index (κ2) is 15.3. The lowest BCUT2D eigenvalue weighted by molar-refractivity contribution is -0.211. The third kappa shape index (κ3) is 9.26. The van der Waals surface area contributed by atoms with Gasteiger partial charge in [-0.15, -0.1) is 0 Å². The summed E-state index contributed by atoms with van der Waals surface area (Å²) in [6, 6.07) is 6.21. The quantitative estimate of drug-likeness (QED) is 0.122. The number of likely N-dealkylation sites (tertiary alicyclic amines) is 2. The van der Waals surface area contributed by atoms with Crippen LogP contribution in [0.25, 0.3) is 0 Å². The Morgan fingerprint density at radius 3 is 2.26 bits per heavy atom. The van der Waals surface area contributed by atoms with Gasteiger partial charge in [0.1, 0.15) is 5.84 Å². The van der Waals surface area contributed by atoms with Crippen LogP contribution in [-0.2, 0) is 23.8 Å². The van der Waals surface area contributed by atoms with Crippen LogP contribution in [0, 0.1) is 17.2 Å². The fourth-order valence-electron chi connectivity index (χ4n) is 5.17. The third-order valence-corrected chi connectivity index (χ3v) is 7.39. The molecule has 13 nitrogen and oxygen atoms in total. The van der Waals surface area contributed by atoms with E-state index in [9.17, 15) is 29.1 Å². The molecule has 3 amide bonds. The molecule has 2 heterocycles. The van der Waals surface area contributed by atoms with Gasteiger partial charge in [-0.3, -0.25) is 25.1 Å². The van der Waals surface area contributed by atoms with Gasteiger partial charge in [0.05, 0.1) is 12.7 Å². The number of amidine groups is 1. The Morgan fingerprint density at radius 2 is 1.67 bits per heavy atom. The molecule has 0 bridgehead atoms. The average Bonchev–Trinajstić information content (AvgIpc) is 2.96. The van der Waals surface area contributed by atoms with E-state index in [1.54, 1.807) is 43.0 Å². The Kier molecular flexibility index (Phi) is 11.8. The number of carboxylic acid groups (broad SMARTS) is 1. The molecule has 2 unspecified atom stereocenters. The normalized spacial score (nSPS) is 18.9. The van der Waals surface area contributed by atoms with Gasteiger partial charge in [0.2, 0.25) is 12.2 Å². The van der Waals surface area contributed by atoms with Gasteiger partial charge in [-0.1, -0.05) is 31.2 Å². The first-order chi connectivity index (χ1) is 20.0. The van der Waals surface area contributed by atoms with Crippen LogP contribution in [0.3, 0.4) is 0 Å². The number of esters is 1. The minimum atomic E-state index is -1.01. The zero-order chi connectivity index (χ0) is 30.8. The highest BCUT2D eigenvalue weighted by atomic mass is 16.7. The van der Waals surface area contributed by atoms with Crippen molar-refractivity contribution in [3.05, 3.63) is 35.4 Å². The molecular weight excluding hydrogens is 548 g/mol. The van der Waals surface area contributed by atoms with Crippen LogP contribution in [0.5, 0.6) is 0 Å². The summed E-state index contributed by atoms with van der Waals surface area (Å²) in [5, 5.41) is 19.6.